The largest absolute Gasteiger partial charge is 0.393 e. The van der Waals surface area contributed by atoms with Crippen molar-refractivity contribution in [2.75, 3.05) is 54.0 Å². The van der Waals surface area contributed by atoms with E-state index in [0.717, 1.165) is 13.3 Å². The summed E-state index contributed by atoms with van der Waals surface area (Å²) in [5.41, 5.74) is -2.36. The fraction of sp³-hybridized carbons (Fsp3) is 1.00. The second-order valence-corrected chi connectivity index (χ2v) is 12.1. The summed E-state index contributed by atoms with van der Waals surface area (Å²) in [5, 5.41) is 28.6. The van der Waals surface area contributed by atoms with Crippen molar-refractivity contribution >= 4 is 15.2 Å². The minimum Gasteiger partial charge on any atom is -0.393 e. The van der Waals surface area contributed by atoms with Gasteiger partial charge in [0.1, 0.15) is 29.5 Å². The van der Waals surface area contributed by atoms with E-state index in [1.165, 1.54) is 14.2 Å². The second kappa shape index (κ2) is 12.3. The summed E-state index contributed by atoms with van der Waals surface area (Å²) in [4.78, 5) is 18.4. The molecule has 2 heterocycles. The zero-order chi connectivity index (χ0) is 25.7. The van der Waals surface area contributed by atoms with Crippen LogP contribution in [-0.4, -0.2) is 121 Å². The Kier molecular flexibility index (Phi) is 11.6. The normalized spacial score (nSPS) is 40.0. The van der Waals surface area contributed by atoms with Crippen molar-refractivity contribution in [2.24, 2.45) is 0 Å². The topological polar surface area (TPSA) is 191 Å². The predicted molar refractivity (Wildman–Crippen MR) is 116 cm³/mol. The summed E-state index contributed by atoms with van der Waals surface area (Å²) >= 11 is 0. The van der Waals surface area contributed by atoms with Crippen LogP contribution in [0.5, 0.6) is 0 Å². The van der Waals surface area contributed by atoms with Crippen LogP contribution in [0.4, 0.5) is 0 Å². The van der Waals surface area contributed by atoms with Gasteiger partial charge in [0, 0.05) is 34.0 Å². The molecule has 2 aliphatic heterocycles. The molecule has 0 radical (unpaired) electrons. The Balaban J connectivity index is 0.000000331. The number of aliphatic hydroxyl groups is 3. The van der Waals surface area contributed by atoms with Crippen LogP contribution in [-0.2, 0) is 37.1 Å². The zero-order valence-electron chi connectivity index (χ0n) is 19.8. The molecule has 198 valence electrons. The van der Waals surface area contributed by atoms with Crippen LogP contribution in [0.25, 0.3) is 0 Å². The van der Waals surface area contributed by atoms with E-state index in [4.69, 9.17) is 28.0 Å². The minimum atomic E-state index is -3.80. The molecule has 13 nitrogen and oxygen atoms in total. The quantitative estimate of drug-likeness (QED) is 0.235. The Hall–Kier alpha value is 0.0200. The highest BCUT2D eigenvalue weighted by molar-refractivity contribution is 7.52. The maximum Gasteiger partial charge on any atom is 0.325 e. The molecule has 0 aromatic heterocycles. The fourth-order valence-corrected chi connectivity index (χ4v) is 5.43. The maximum atomic E-state index is 11.3. The van der Waals surface area contributed by atoms with Crippen molar-refractivity contribution in [3.8, 4) is 0 Å². The molecule has 0 aromatic carbocycles. The lowest BCUT2D eigenvalue weighted by atomic mass is 9.96. The van der Waals surface area contributed by atoms with Gasteiger partial charge in [-0.2, -0.15) is 0 Å². The van der Waals surface area contributed by atoms with Gasteiger partial charge >= 0.3 is 15.2 Å². The molecule has 0 aromatic rings. The SMILES string of the molecule is COC[C@@]1(CO)O[C@@H](C)CC1OP(C)(=O)O.COC[C@@]1(CO)O[C@@H](C)[C@@H](O)C1OP(C)(=O)O. The second-order valence-electron chi connectivity index (χ2n) is 8.52. The first-order chi connectivity index (χ1) is 15.1. The third kappa shape index (κ3) is 8.57. The van der Waals surface area contributed by atoms with E-state index in [1.807, 2.05) is 6.92 Å². The number of ether oxygens (including phenoxy) is 4. The smallest absolute Gasteiger partial charge is 0.325 e. The van der Waals surface area contributed by atoms with E-state index >= 15 is 0 Å². The van der Waals surface area contributed by atoms with Gasteiger partial charge in [0.05, 0.1) is 38.6 Å². The van der Waals surface area contributed by atoms with Gasteiger partial charge in [-0.05, 0) is 13.8 Å². The van der Waals surface area contributed by atoms with Crippen LogP contribution >= 0.6 is 15.2 Å². The Morgan fingerprint density at radius 2 is 1.39 bits per heavy atom. The molecule has 2 fully saturated rings. The van der Waals surface area contributed by atoms with Gasteiger partial charge in [0.2, 0.25) is 0 Å². The van der Waals surface area contributed by atoms with Crippen molar-refractivity contribution < 1.29 is 62.2 Å². The summed E-state index contributed by atoms with van der Waals surface area (Å²) in [6.07, 6.45) is -3.13. The monoisotopic (exact) mass is 524 g/mol. The number of hydrogen-bond donors (Lipinski definition) is 5. The molecule has 0 spiro atoms. The van der Waals surface area contributed by atoms with Gasteiger partial charge in [-0.1, -0.05) is 0 Å². The van der Waals surface area contributed by atoms with Crippen LogP contribution < -0.4 is 0 Å². The van der Waals surface area contributed by atoms with Gasteiger partial charge in [-0.3, -0.25) is 13.7 Å². The molecule has 0 amide bonds. The Bertz CT molecular complexity index is 697. The summed E-state index contributed by atoms with van der Waals surface area (Å²) < 4.78 is 53.4. The first-order valence-electron chi connectivity index (χ1n) is 10.3. The minimum absolute atomic E-state index is 0.0461. The van der Waals surface area contributed by atoms with Crippen molar-refractivity contribution in [1.29, 1.82) is 0 Å². The molecule has 0 saturated carbocycles. The molecule has 5 N–H and O–H groups in total. The van der Waals surface area contributed by atoms with Gasteiger partial charge in [0.25, 0.3) is 0 Å². The highest BCUT2D eigenvalue weighted by atomic mass is 31.2. The Morgan fingerprint density at radius 3 is 1.82 bits per heavy atom. The standard InChI is InChI=1S/C9H19O7P.C9H19O6P/c1-6-7(11)8(16-17(3,12)13)9(4-10,15-6)5-14-2;1-7-4-8(15-16(3,11)12)9(5-10,14-7)6-13-2/h6-8,10-11H,4-5H2,1-3H3,(H,12,13);7-8,10H,4-6H2,1-3H3,(H,11,12)/t6-,7+,8?,9+;7-,8?,9+/m00/s1. The summed E-state index contributed by atoms with van der Waals surface area (Å²) in [6, 6.07) is 0. The van der Waals surface area contributed by atoms with Crippen LogP contribution in [0, 0.1) is 0 Å². The van der Waals surface area contributed by atoms with Gasteiger partial charge in [0.15, 0.2) is 0 Å². The third-order valence-corrected chi connectivity index (χ3v) is 6.51. The first-order valence-corrected chi connectivity index (χ1v) is 14.3. The fourth-order valence-electron chi connectivity index (χ4n) is 3.94. The van der Waals surface area contributed by atoms with E-state index < -0.39 is 57.4 Å². The lowest BCUT2D eigenvalue weighted by molar-refractivity contribution is -0.135. The number of aliphatic hydroxyl groups excluding tert-OH is 3. The van der Waals surface area contributed by atoms with Gasteiger partial charge in [-0.25, -0.2) is 0 Å². The van der Waals surface area contributed by atoms with E-state index in [2.05, 4.69) is 0 Å². The van der Waals surface area contributed by atoms with E-state index in [9.17, 15) is 34.2 Å². The zero-order valence-corrected chi connectivity index (χ0v) is 21.6. The van der Waals surface area contributed by atoms with Crippen molar-refractivity contribution in [1.82, 2.24) is 0 Å². The molecule has 2 aliphatic rings. The number of methoxy groups -OCH3 is 2. The lowest BCUT2D eigenvalue weighted by Crippen LogP contribution is -2.50. The molecular weight excluding hydrogens is 486 g/mol. The summed E-state index contributed by atoms with van der Waals surface area (Å²) in [7, 11) is -4.53. The van der Waals surface area contributed by atoms with Crippen molar-refractivity contribution in [3.05, 3.63) is 0 Å². The molecule has 4 unspecified atom stereocenters. The average molecular weight is 524 g/mol. The van der Waals surface area contributed by atoms with Crippen molar-refractivity contribution in [3.63, 3.8) is 0 Å². The maximum absolute atomic E-state index is 11.3. The molecular formula is C18H38O13P2. The van der Waals surface area contributed by atoms with Crippen LogP contribution in [0.15, 0.2) is 0 Å². The number of hydrogen-bond acceptors (Lipinski definition) is 11. The highest BCUT2D eigenvalue weighted by Crippen LogP contribution is 2.46. The average Bonchev–Trinajstić information content (AvgIpc) is 3.09. The van der Waals surface area contributed by atoms with E-state index in [-0.39, 0.29) is 25.9 Å². The highest BCUT2D eigenvalue weighted by Gasteiger charge is 2.55. The van der Waals surface area contributed by atoms with Crippen molar-refractivity contribution in [2.45, 2.75) is 62.0 Å². The Morgan fingerprint density at radius 1 is 0.909 bits per heavy atom. The Labute approximate surface area is 194 Å². The summed E-state index contributed by atoms with van der Waals surface area (Å²) in [5.74, 6) is 0. The molecule has 9 atom stereocenters. The lowest BCUT2D eigenvalue weighted by Gasteiger charge is -2.32. The molecule has 2 rings (SSSR count). The van der Waals surface area contributed by atoms with E-state index in [0.29, 0.717) is 6.42 Å². The first kappa shape index (κ1) is 31.1. The van der Waals surface area contributed by atoms with Crippen LogP contribution in [0.1, 0.15) is 20.3 Å². The molecule has 2 saturated heterocycles. The van der Waals surface area contributed by atoms with Crippen LogP contribution in [0.3, 0.4) is 0 Å². The molecule has 15 heteroatoms. The number of rotatable bonds is 10. The van der Waals surface area contributed by atoms with Gasteiger partial charge < -0.3 is 48.6 Å². The predicted octanol–water partition coefficient (Wildman–Crippen LogP) is -0.283. The van der Waals surface area contributed by atoms with E-state index in [1.54, 1.807) is 6.92 Å². The third-order valence-electron chi connectivity index (χ3n) is 5.24. The molecule has 0 bridgehead atoms. The molecule has 0 aliphatic carbocycles. The summed E-state index contributed by atoms with van der Waals surface area (Å²) in [6.45, 7) is 4.83. The van der Waals surface area contributed by atoms with Gasteiger partial charge in [-0.15, -0.1) is 0 Å². The molecule has 33 heavy (non-hydrogen) atoms. The van der Waals surface area contributed by atoms with Crippen LogP contribution in [0.2, 0.25) is 0 Å².